The number of aryl methyl sites for hydroxylation is 2. The van der Waals surface area contributed by atoms with E-state index >= 15 is 0 Å². The Hall–Kier alpha value is -4.13. The number of carbonyl (C=O) groups excluding carboxylic acids is 1. The van der Waals surface area contributed by atoms with Crippen LogP contribution in [0.3, 0.4) is 0 Å². The third-order valence-corrected chi connectivity index (χ3v) is 4.72. The lowest BCUT2D eigenvalue weighted by Crippen LogP contribution is -2.23. The van der Waals surface area contributed by atoms with Crippen LogP contribution < -0.4 is 14.8 Å². The van der Waals surface area contributed by atoms with Gasteiger partial charge in [0.05, 0.1) is 5.56 Å². The second-order valence-electron chi connectivity index (χ2n) is 7.22. The summed E-state index contributed by atoms with van der Waals surface area (Å²) in [6.07, 6.45) is 0. The van der Waals surface area contributed by atoms with Crippen LogP contribution in [0.4, 0.5) is 0 Å². The minimum atomic E-state index is -0.255. The number of para-hydroxylation sites is 2. The van der Waals surface area contributed by atoms with Crippen molar-refractivity contribution >= 4 is 5.91 Å². The topological polar surface area (TPSA) is 86.5 Å². The van der Waals surface area contributed by atoms with Crippen LogP contribution in [-0.4, -0.2) is 16.0 Å². The molecule has 0 spiro atoms. The summed E-state index contributed by atoms with van der Waals surface area (Å²) >= 11 is 0. The first-order chi connectivity index (χ1) is 15.6. The molecule has 4 aromatic rings. The largest absolute Gasteiger partial charge is 0.485 e. The Balaban J connectivity index is 1.42. The molecule has 4 rings (SSSR count). The van der Waals surface area contributed by atoms with E-state index in [0.717, 1.165) is 16.9 Å². The van der Waals surface area contributed by atoms with Crippen molar-refractivity contribution in [3.05, 3.63) is 101 Å². The van der Waals surface area contributed by atoms with Crippen LogP contribution in [0.1, 0.15) is 33.2 Å². The molecule has 162 valence electrons. The normalized spacial score (nSPS) is 10.6. The summed E-state index contributed by atoms with van der Waals surface area (Å²) in [5.41, 5.74) is 2.44. The molecular weight excluding hydrogens is 406 g/mol. The molecule has 1 aromatic heterocycles. The second-order valence-corrected chi connectivity index (χ2v) is 7.22. The highest BCUT2D eigenvalue weighted by molar-refractivity contribution is 5.96. The van der Waals surface area contributed by atoms with Crippen LogP contribution in [0.25, 0.3) is 0 Å². The van der Waals surface area contributed by atoms with Crippen molar-refractivity contribution < 1.29 is 18.8 Å². The Morgan fingerprint density at radius 1 is 0.938 bits per heavy atom. The average molecular weight is 429 g/mol. The number of nitrogens with zero attached hydrogens (tertiary/aromatic N) is 2. The highest BCUT2D eigenvalue weighted by Gasteiger charge is 2.14. The van der Waals surface area contributed by atoms with Gasteiger partial charge >= 0.3 is 0 Å². The number of amides is 1. The van der Waals surface area contributed by atoms with E-state index in [4.69, 9.17) is 14.0 Å². The molecule has 3 aromatic carbocycles. The average Bonchev–Trinajstić information content (AvgIpc) is 3.23. The third kappa shape index (κ3) is 5.31. The molecule has 0 aliphatic rings. The molecule has 32 heavy (non-hydrogen) atoms. The van der Waals surface area contributed by atoms with Gasteiger partial charge in [-0.05, 0) is 37.3 Å². The zero-order valence-electron chi connectivity index (χ0n) is 17.9. The molecule has 0 saturated carbocycles. The van der Waals surface area contributed by atoms with Crippen LogP contribution in [-0.2, 0) is 13.2 Å². The maximum atomic E-state index is 12.9. The first-order valence-corrected chi connectivity index (χ1v) is 10.2. The Morgan fingerprint density at radius 2 is 1.66 bits per heavy atom. The van der Waals surface area contributed by atoms with E-state index in [1.165, 1.54) is 0 Å². The SMILES string of the molecule is Cc1ccc(Oc2ccccc2CNC(=O)c2ccccc2OCc2noc(C)n2)cc1. The molecule has 0 atom stereocenters. The first kappa shape index (κ1) is 21.1. The van der Waals surface area contributed by atoms with Gasteiger partial charge in [-0.15, -0.1) is 0 Å². The number of ether oxygens (including phenoxy) is 2. The lowest BCUT2D eigenvalue weighted by Gasteiger charge is -2.13. The van der Waals surface area contributed by atoms with E-state index in [2.05, 4.69) is 15.5 Å². The Morgan fingerprint density at radius 3 is 2.41 bits per heavy atom. The van der Waals surface area contributed by atoms with Crippen molar-refractivity contribution in [2.45, 2.75) is 27.0 Å². The number of aromatic nitrogens is 2. The zero-order valence-corrected chi connectivity index (χ0v) is 17.9. The van der Waals surface area contributed by atoms with E-state index in [1.54, 1.807) is 31.2 Å². The molecule has 7 heteroatoms. The van der Waals surface area contributed by atoms with Crippen LogP contribution >= 0.6 is 0 Å². The molecule has 1 heterocycles. The molecule has 0 bridgehead atoms. The lowest BCUT2D eigenvalue weighted by atomic mass is 10.1. The van der Waals surface area contributed by atoms with E-state index in [0.29, 0.717) is 35.3 Å². The first-order valence-electron chi connectivity index (χ1n) is 10.2. The van der Waals surface area contributed by atoms with Gasteiger partial charge in [0, 0.05) is 19.0 Å². The number of hydrogen-bond acceptors (Lipinski definition) is 6. The Kier molecular flexibility index (Phi) is 6.46. The molecule has 0 radical (unpaired) electrons. The fraction of sp³-hybridized carbons (Fsp3) is 0.160. The molecule has 0 aliphatic heterocycles. The van der Waals surface area contributed by atoms with Crippen LogP contribution in [0.5, 0.6) is 17.2 Å². The number of carbonyl (C=O) groups is 1. The monoisotopic (exact) mass is 429 g/mol. The fourth-order valence-corrected chi connectivity index (χ4v) is 3.08. The minimum absolute atomic E-state index is 0.106. The van der Waals surface area contributed by atoms with Gasteiger partial charge in [0.2, 0.25) is 11.7 Å². The quantitative estimate of drug-likeness (QED) is 0.425. The maximum Gasteiger partial charge on any atom is 0.255 e. The van der Waals surface area contributed by atoms with Crippen molar-refractivity contribution in [3.63, 3.8) is 0 Å². The number of benzene rings is 3. The van der Waals surface area contributed by atoms with Gasteiger partial charge in [0.25, 0.3) is 5.91 Å². The van der Waals surface area contributed by atoms with Crippen LogP contribution in [0, 0.1) is 13.8 Å². The van der Waals surface area contributed by atoms with E-state index in [9.17, 15) is 4.79 Å². The van der Waals surface area contributed by atoms with Gasteiger partial charge < -0.3 is 19.3 Å². The summed E-state index contributed by atoms with van der Waals surface area (Å²) in [7, 11) is 0. The van der Waals surface area contributed by atoms with Crippen molar-refractivity contribution in [2.24, 2.45) is 0 Å². The summed E-state index contributed by atoms with van der Waals surface area (Å²) in [5, 5.41) is 6.75. The predicted molar refractivity (Wildman–Crippen MR) is 119 cm³/mol. The summed E-state index contributed by atoms with van der Waals surface area (Å²) < 4.78 is 16.7. The molecule has 0 saturated heterocycles. The second kappa shape index (κ2) is 9.78. The molecule has 0 aliphatic carbocycles. The van der Waals surface area contributed by atoms with E-state index < -0.39 is 0 Å². The Labute approximate surface area is 186 Å². The van der Waals surface area contributed by atoms with Gasteiger partial charge in [-0.2, -0.15) is 4.98 Å². The van der Waals surface area contributed by atoms with Gasteiger partial charge in [-0.3, -0.25) is 4.79 Å². The van der Waals surface area contributed by atoms with Gasteiger partial charge in [0.1, 0.15) is 17.2 Å². The van der Waals surface area contributed by atoms with Crippen molar-refractivity contribution in [2.75, 3.05) is 0 Å². The van der Waals surface area contributed by atoms with Gasteiger partial charge in [0.15, 0.2) is 6.61 Å². The minimum Gasteiger partial charge on any atom is -0.485 e. The zero-order chi connectivity index (χ0) is 22.3. The molecule has 7 nitrogen and oxygen atoms in total. The Bertz CT molecular complexity index is 1200. The number of hydrogen-bond donors (Lipinski definition) is 1. The number of nitrogens with one attached hydrogen (secondary N) is 1. The highest BCUT2D eigenvalue weighted by Crippen LogP contribution is 2.26. The van der Waals surface area contributed by atoms with Gasteiger partial charge in [-0.25, -0.2) is 0 Å². The van der Waals surface area contributed by atoms with Crippen molar-refractivity contribution in [1.82, 2.24) is 15.5 Å². The van der Waals surface area contributed by atoms with Crippen LogP contribution in [0.15, 0.2) is 77.3 Å². The highest BCUT2D eigenvalue weighted by atomic mass is 16.5. The standard InChI is InChI=1S/C25H23N3O4/c1-17-11-13-20(14-12-17)31-22-9-5-3-7-19(22)15-26-25(29)21-8-4-6-10-23(21)30-16-24-27-18(2)32-28-24/h3-14H,15-16H2,1-2H3,(H,26,29). The van der Waals surface area contributed by atoms with Crippen molar-refractivity contribution in [1.29, 1.82) is 0 Å². The predicted octanol–water partition coefficient (Wildman–Crippen LogP) is 4.99. The third-order valence-electron chi connectivity index (χ3n) is 4.72. The van der Waals surface area contributed by atoms with E-state index in [-0.39, 0.29) is 12.5 Å². The maximum absolute atomic E-state index is 12.9. The summed E-state index contributed by atoms with van der Waals surface area (Å²) in [6.45, 7) is 4.14. The lowest BCUT2D eigenvalue weighted by molar-refractivity contribution is 0.0946. The molecular formula is C25H23N3O4. The smallest absolute Gasteiger partial charge is 0.255 e. The fourth-order valence-electron chi connectivity index (χ4n) is 3.08. The summed E-state index contributed by atoms with van der Waals surface area (Å²) in [4.78, 5) is 17.0. The molecule has 1 N–H and O–H groups in total. The van der Waals surface area contributed by atoms with Crippen molar-refractivity contribution in [3.8, 4) is 17.2 Å². The van der Waals surface area contributed by atoms with E-state index in [1.807, 2.05) is 55.5 Å². The number of rotatable bonds is 8. The van der Waals surface area contributed by atoms with Crippen LogP contribution in [0.2, 0.25) is 0 Å². The molecule has 0 fully saturated rings. The summed E-state index contributed by atoms with van der Waals surface area (Å²) in [6, 6.07) is 22.5. The molecule has 1 amide bonds. The summed E-state index contributed by atoms with van der Waals surface area (Å²) in [5.74, 6) is 2.49. The van der Waals surface area contributed by atoms with Gasteiger partial charge in [-0.1, -0.05) is 53.2 Å². The molecule has 0 unspecified atom stereocenters.